The Labute approximate surface area is 141 Å². The molecule has 0 fully saturated rings. The van der Waals surface area contributed by atoms with E-state index in [0.29, 0.717) is 24.2 Å². The number of rotatable bonds is 4. The van der Waals surface area contributed by atoms with E-state index in [1.54, 1.807) is 24.3 Å². The van der Waals surface area contributed by atoms with Gasteiger partial charge in [0.15, 0.2) is 18.4 Å². The Bertz CT molecular complexity index is 726. The Balaban J connectivity index is 0.00000192. The first kappa shape index (κ1) is 17.0. The van der Waals surface area contributed by atoms with Crippen molar-refractivity contribution in [3.05, 3.63) is 59.4 Å². The largest absolute Gasteiger partial charge is 1.00 e. The Morgan fingerprint density at radius 2 is 1.70 bits per heavy atom. The monoisotopic (exact) mass is 331 g/mol. The number of hydrogen-bond acceptors (Lipinski definition) is 3. The maximum absolute atomic E-state index is 12.3. The highest BCUT2D eigenvalue weighted by molar-refractivity contribution is 6.21. The van der Waals surface area contributed by atoms with E-state index in [9.17, 15) is 9.59 Å². The van der Waals surface area contributed by atoms with Crippen molar-refractivity contribution < 1.29 is 26.6 Å². The second-order valence-corrected chi connectivity index (χ2v) is 5.31. The van der Waals surface area contributed by atoms with Crippen LogP contribution in [0.3, 0.4) is 0 Å². The van der Waals surface area contributed by atoms with E-state index in [4.69, 9.17) is 0 Å². The molecule has 0 saturated carbocycles. The van der Waals surface area contributed by atoms with E-state index in [1.807, 2.05) is 36.9 Å². The summed E-state index contributed by atoms with van der Waals surface area (Å²) in [6.07, 6.45) is 1.96. The second kappa shape index (κ2) is 6.79. The van der Waals surface area contributed by atoms with Crippen molar-refractivity contribution in [3.8, 4) is 0 Å². The molecule has 5 nitrogen and oxygen atoms in total. The molecule has 0 spiro atoms. The number of halogens is 1. The molecule has 0 atom stereocenters. The Kier molecular flexibility index (Phi) is 5.01. The lowest BCUT2D eigenvalue weighted by molar-refractivity contribution is -0.701. The number of nitrogens with zero attached hydrogens (tertiary/aromatic N) is 2. The zero-order valence-corrected chi connectivity index (χ0v) is 13.8. The fourth-order valence-corrected chi connectivity index (χ4v) is 2.70. The van der Waals surface area contributed by atoms with Crippen LogP contribution in [-0.2, 0) is 6.54 Å². The van der Waals surface area contributed by atoms with Crippen LogP contribution < -0.4 is 22.3 Å². The van der Waals surface area contributed by atoms with Gasteiger partial charge in [-0.1, -0.05) is 12.1 Å². The fourth-order valence-electron chi connectivity index (χ4n) is 2.70. The van der Waals surface area contributed by atoms with Crippen molar-refractivity contribution >= 4 is 17.5 Å². The Morgan fingerprint density at radius 1 is 1.09 bits per heavy atom. The van der Waals surface area contributed by atoms with Gasteiger partial charge in [-0.3, -0.25) is 14.5 Å². The Hall–Kier alpha value is -2.40. The summed E-state index contributed by atoms with van der Waals surface area (Å²) in [4.78, 5) is 25.9. The number of pyridine rings is 1. The number of anilines is 1. The first-order valence-electron chi connectivity index (χ1n) is 7.25. The van der Waals surface area contributed by atoms with Gasteiger partial charge >= 0.3 is 0 Å². The van der Waals surface area contributed by atoms with Crippen molar-refractivity contribution in [1.29, 1.82) is 0 Å². The molecular weight excluding hydrogens is 314 g/mol. The molecule has 0 bridgehead atoms. The van der Waals surface area contributed by atoms with E-state index in [-0.39, 0.29) is 24.2 Å². The summed E-state index contributed by atoms with van der Waals surface area (Å²) in [5, 5.41) is 3.09. The Morgan fingerprint density at radius 3 is 2.22 bits per heavy atom. The van der Waals surface area contributed by atoms with Gasteiger partial charge < -0.3 is 17.7 Å². The fraction of sp³-hybridized carbons (Fsp3) is 0.235. The van der Waals surface area contributed by atoms with E-state index in [1.165, 1.54) is 4.90 Å². The minimum Gasteiger partial charge on any atom is -1.00 e. The van der Waals surface area contributed by atoms with Gasteiger partial charge in [-0.15, -0.1) is 0 Å². The lowest BCUT2D eigenvalue weighted by atomic mass is 10.1. The molecule has 1 aliphatic heterocycles. The van der Waals surface area contributed by atoms with Gasteiger partial charge in [0.1, 0.15) is 0 Å². The van der Waals surface area contributed by atoms with Gasteiger partial charge in [0, 0.05) is 31.8 Å². The quantitative estimate of drug-likeness (QED) is 0.555. The van der Waals surface area contributed by atoms with Crippen LogP contribution in [0.1, 0.15) is 26.4 Å². The van der Waals surface area contributed by atoms with E-state index in [0.717, 1.165) is 11.4 Å². The number of aromatic nitrogens is 1. The molecule has 23 heavy (non-hydrogen) atoms. The van der Waals surface area contributed by atoms with Crippen LogP contribution in [0, 0.1) is 6.92 Å². The topological polar surface area (TPSA) is 53.3 Å². The highest BCUT2D eigenvalue weighted by atomic mass is 35.5. The average molecular weight is 332 g/mol. The summed E-state index contributed by atoms with van der Waals surface area (Å²) in [5.41, 5.74) is 3.11. The van der Waals surface area contributed by atoms with Crippen molar-refractivity contribution in [1.82, 2.24) is 4.90 Å². The number of hydrogen-bond donors (Lipinski definition) is 1. The number of carbonyl (C=O) groups is 2. The SMILES string of the molecule is CNc1cc[n+](CCN2C(=O)c3ccccc3C2=O)c(C)c1.[Cl-]. The third kappa shape index (κ3) is 3.05. The molecule has 2 heterocycles. The van der Waals surface area contributed by atoms with Crippen molar-refractivity contribution in [2.75, 3.05) is 18.9 Å². The van der Waals surface area contributed by atoms with Crippen LogP contribution in [0.15, 0.2) is 42.6 Å². The van der Waals surface area contributed by atoms with Crippen molar-refractivity contribution in [2.45, 2.75) is 13.5 Å². The summed E-state index contributed by atoms with van der Waals surface area (Å²) >= 11 is 0. The minimum absolute atomic E-state index is 0. The molecule has 2 amide bonds. The number of fused-ring (bicyclic) bond motifs is 1. The third-order valence-electron chi connectivity index (χ3n) is 3.98. The first-order chi connectivity index (χ1) is 10.6. The van der Waals surface area contributed by atoms with Gasteiger partial charge in [0.05, 0.1) is 17.7 Å². The number of carbonyl (C=O) groups excluding carboxylic acids is 2. The first-order valence-corrected chi connectivity index (χ1v) is 7.25. The molecule has 0 aliphatic carbocycles. The molecule has 0 saturated heterocycles. The molecule has 0 unspecified atom stereocenters. The molecule has 1 aliphatic rings. The molecular formula is C17H18ClN3O2. The standard InChI is InChI=1S/C17H17N3O2.ClH/c1-12-11-13(18-2)7-8-19(12)9-10-20-16(21)14-5-3-4-6-15(14)17(20)22;/h3-8,11H,9-10H2,1-2H3;1H. The predicted molar refractivity (Wildman–Crippen MR) is 82.7 cm³/mol. The zero-order chi connectivity index (χ0) is 15.7. The normalized spacial score (nSPS) is 12.9. The zero-order valence-electron chi connectivity index (χ0n) is 13.0. The van der Waals surface area contributed by atoms with Crippen molar-refractivity contribution in [2.24, 2.45) is 0 Å². The minimum atomic E-state index is -0.203. The van der Waals surface area contributed by atoms with Crippen LogP contribution in [0.4, 0.5) is 5.69 Å². The second-order valence-electron chi connectivity index (χ2n) is 5.31. The van der Waals surface area contributed by atoms with Crippen LogP contribution in [0.5, 0.6) is 0 Å². The molecule has 0 radical (unpaired) electrons. The molecule has 1 aromatic carbocycles. The number of imide groups is 1. The predicted octanol–water partition coefficient (Wildman–Crippen LogP) is -1.38. The summed E-state index contributed by atoms with van der Waals surface area (Å²) in [5.74, 6) is -0.406. The molecule has 1 N–H and O–H groups in total. The molecule has 120 valence electrons. The lowest BCUT2D eigenvalue weighted by Gasteiger charge is -2.12. The summed E-state index contributed by atoms with van der Waals surface area (Å²) in [6.45, 7) is 2.96. The number of amides is 2. The van der Waals surface area contributed by atoms with Crippen molar-refractivity contribution in [3.63, 3.8) is 0 Å². The van der Waals surface area contributed by atoms with Gasteiger partial charge in [-0.2, -0.15) is 0 Å². The van der Waals surface area contributed by atoms with E-state index in [2.05, 4.69) is 5.32 Å². The molecule has 3 rings (SSSR count). The maximum Gasteiger partial charge on any atom is 0.261 e. The van der Waals surface area contributed by atoms with Gasteiger partial charge in [-0.25, -0.2) is 4.57 Å². The smallest absolute Gasteiger partial charge is 0.261 e. The van der Waals surface area contributed by atoms with E-state index < -0.39 is 0 Å². The van der Waals surface area contributed by atoms with Crippen LogP contribution in [0.25, 0.3) is 0 Å². The summed E-state index contributed by atoms with van der Waals surface area (Å²) in [6, 6.07) is 11.0. The van der Waals surface area contributed by atoms with Crippen LogP contribution in [0.2, 0.25) is 0 Å². The number of aryl methyl sites for hydroxylation is 1. The summed E-state index contributed by atoms with van der Waals surface area (Å²) < 4.78 is 2.03. The van der Waals surface area contributed by atoms with Gasteiger partial charge in [-0.05, 0) is 12.1 Å². The highest BCUT2D eigenvalue weighted by Crippen LogP contribution is 2.21. The van der Waals surface area contributed by atoms with Crippen LogP contribution in [-0.4, -0.2) is 30.3 Å². The van der Waals surface area contributed by atoms with Crippen LogP contribution >= 0.6 is 0 Å². The third-order valence-corrected chi connectivity index (χ3v) is 3.98. The molecule has 1 aromatic heterocycles. The maximum atomic E-state index is 12.3. The van der Waals surface area contributed by atoms with Gasteiger partial charge in [0.25, 0.3) is 11.8 Å². The average Bonchev–Trinajstić information content (AvgIpc) is 2.78. The lowest BCUT2D eigenvalue weighted by Crippen LogP contribution is -3.00. The molecule has 2 aromatic rings. The number of nitrogens with one attached hydrogen (secondary N) is 1. The van der Waals surface area contributed by atoms with Gasteiger partial charge in [0.2, 0.25) is 0 Å². The van der Waals surface area contributed by atoms with E-state index >= 15 is 0 Å². The summed E-state index contributed by atoms with van der Waals surface area (Å²) in [7, 11) is 1.87. The highest BCUT2D eigenvalue weighted by Gasteiger charge is 2.35. The number of benzene rings is 1. The molecule has 6 heteroatoms.